The van der Waals surface area contributed by atoms with Crippen LogP contribution in [0.5, 0.6) is 0 Å². The lowest BCUT2D eigenvalue weighted by Crippen LogP contribution is -2.53. The molecule has 25 heavy (non-hydrogen) atoms. The Kier molecular flexibility index (Phi) is 3.95. The van der Waals surface area contributed by atoms with E-state index in [1.807, 2.05) is 37.5 Å². The highest BCUT2D eigenvalue weighted by Gasteiger charge is 2.47. The maximum absolute atomic E-state index is 13.1. The third kappa shape index (κ3) is 2.88. The summed E-state index contributed by atoms with van der Waals surface area (Å²) < 4.78 is 12.7. The van der Waals surface area contributed by atoms with E-state index in [4.69, 9.17) is 9.26 Å². The molecular formula is C19H25N3O3. The zero-order valence-corrected chi connectivity index (χ0v) is 15.1. The Balaban J connectivity index is 1.62. The van der Waals surface area contributed by atoms with Crippen molar-refractivity contribution >= 4 is 5.91 Å². The van der Waals surface area contributed by atoms with Gasteiger partial charge in [0, 0.05) is 36.2 Å². The number of ether oxygens (including phenoxy) is 1. The van der Waals surface area contributed by atoms with Gasteiger partial charge in [-0.05, 0) is 58.4 Å². The Morgan fingerprint density at radius 2 is 1.96 bits per heavy atom. The second-order valence-electron chi connectivity index (χ2n) is 7.41. The van der Waals surface area contributed by atoms with Crippen LogP contribution in [0.1, 0.15) is 53.2 Å². The number of nitrogens with zero attached hydrogens (tertiary/aromatic N) is 2. The van der Waals surface area contributed by atoms with Crippen LogP contribution in [0.2, 0.25) is 0 Å². The van der Waals surface area contributed by atoms with Crippen LogP contribution in [0, 0.1) is 26.7 Å². The first-order valence-corrected chi connectivity index (χ1v) is 9.03. The first-order chi connectivity index (χ1) is 12.0. The molecule has 0 unspecified atom stereocenters. The van der Waals surface area contributed by atoms with E-state index in [2.05, 4.69) is 10.5 Å². The Labute approximate surface area is 147 Å². The topological polar surface area (TPSA) is 69.3 Å². The smallest absolute Gasteiger partial charge is 0.253 e. The highest BCUT2D eigenvalue weighted by molar-refractivity contribution is 5.96. The fourth-order valence-electron chi connectivity index (χ4n) is 4.10. The number of nitrogens with one attached hydrogen (secondary N) is 1. The van der Waals surface area contributed by atoms with E-state index in [0.717, 1.165) is 49.0 Å². The van der Waals surface area contributed by atoms with Crippen LogP contribution in [-0.4, -0.2) is 34.4 Å². The van der Waals surface area contributed by atoms with Crippen molar-refractivity contribution in [1.29, 1.82) is 0 Å². The largest absolute Gasteiger partial charge is 0.381 e. The van der Waals surface area contributed by atoms with Gasteiger partial charge >= 0.3 is 0 Å². The summed E-state index contributed by atoms with van der Waals surface area (Å²) in [6.07, 6.45) is 4.23. The molecule has 0 aromatic carbocycles. The van der Waals surface area contributed by atoms with Crippen molar-refractivity contribution in [2.45, 2.75) is 52.0 Å². The van der Waals surface area contributed by atoms with E-state index < -0.39 is 0 Å². The lowest BCUT2D eigenvalue weighted by atomic mass is 9.84. The molecule has 0 atom stereocenters. The number of aromatic nitrogens is 2. The Hall–Kier alpha value is -2.08. The molecule has 1 aliphatic heterocycles. The van der Waals surface area contributed by atoms with E-state index in [9.17, 15) is 4.79 Å². The molecule has 1 amide bonds. The van der Waals surface area contributed by atoms with E-state index >= 15 is 0 Å². The van der Waals surface area contributed by atoms with Gasteiger partial charge in [-0.15, -0.1) is 0 Å². The molecule has 1 N–H and O–H groups in total. The van der Waals surface area contributed by atoms with E-state index in [-0.39, 0.29) is 11.4 Å². The zero-order valence-electron chi connectivity index (χ0n) is 15.1. The van der Waals surface area contributed by atoms with Gasteiger partial charge in [0.25, 0.3) is 5.91 Å². The minimum atomic E-state index is -0.0950. The molecule has 1 aliphatic carbocycles. The van der Waals surface area contributed by atoms with Gasteiger partial charge in [0.05, 0.1) is 5.56 Å². The van der Waals surface area contributed by atoms with Crippen LogP contribution < -0.4 is 5.32 Å². The van der Waals surface area contributed by atoms with E-state index in [1.165, 1.54) is 12.8 Å². The normalized spacial score (nSPS) is 19.8. The number of carbonyl (C=O) groups excluding carboxylic acids is 1. The standard InChI is InChI=1S/C19H25N3O3/c1-12-10-16(14(3)22(12)17-11-13(2)25-21-17)18(23)20-19(15-4-5-15)6-8-24-9-7-19/h10-11,15H,4-9H2,1-3H3,(H,20,23). The van der Waals surface area contributed by atoms with Gasteiger partial charge in [-0.3, -0.25) is 9.36 Å². The number of rotatable bonds is 4. The van der Waals surface area contributed by atoms with Gasteiger partial charge in [-0.1, -0.05) is 5.16 Å². The first-order valence-electron chi connectivity index (χ1n) is 9.03. The molecule has 4 rings (SSSR count). The summed E-state index contributed by atoms with van der Waals surface area (Å²) >= 11 is 0. The molecule has 2 aromatic heterocycles. The van der Waals surface area contributed by atoms with Crippen molar-refractivity contribution in [2.24, 2.45) is 5.92 Å². The summed E-state index contributed by atoms with van der Waals surface area (Å²) in [6.45, 7) is 7.27. The average Bonchev–Trinajstić information content (AvgIpc) is 3.30. The fraction of sp³-hybridized carbons (Fsp3) is 0.579. The maximum atomic E-state index is 13.1. The lowest BCUT2D eigenvalue weighted by Gasteiger charge is -2.38. The maximum Gasteiger partial charge on any atom is 0.253 e. The summed E-state index contributed by atoms with van der Waals surface area (Å²) in [5.41, 5.74) is 2.48. The Bertz CT molecular complexity index is 795. The lowest BCUT2D eigenvalue weighted by molar-refractivity contribution is 0.0276. The van der Waals surface area contributed by atoms with E-state index in [1.54, 1.807) is 0 Å². The highest BCUT2D eigenvalue weighted by Crippen LogP contribution is 2.45. The number of amides is 1. The third-order valence-electron chi connectivity index (χ3n) is 5.63. The number of hydrogen-bond donors (Lipinski definition) is 1. The molecule has 1 saturated heterocycles. The van der Waals surface area contributed by atoms with Crippen LogP contribution in [-0.2, 0) is 4.74 Å². The van der Waals surface area contributed by atoms with Crippen molar-refractivity contribution in [2.75, 3.05) is 13.2 Å². The SMILES string of the molecule is Cc1cc(-n2c(C)cc(C(=O)NC3(C4CC4)CCOCC3)c2C)no1. The van der Waals surface area contributed by atoms with Crippen molar-refractivity contribution in [3.05, 3.63) is 34.8 Å². The first kappa shape index (κ1) is 16.4. The van der Waals surface area contributed by atoms with Gasteiger partial charge in [0.2, 0.25) is 0 Å². The second kappa shape index (κ2) is 6.02. The van der Waals surface area contributed by atoms with Crippen LogP contribution in [0.4, 0.5) is 0 Å². The molecule has 134 valence electrons. The minimum Gasteiger partial charge on any atom is -0.381 e. The summed E-state index contributed by atoms with van der Waals surface area (Å²) in [6, 6.07) is 3.82. The number of hydrogen-bond acceptors (Lipinski definition) is 4. The van der Waals surface area contributed by atoms with Crippen LogP contribution in [0.25, 0.3) is 5.82 Å². The zero-order chi connectivity index (χ0) is 17.6. The summed E-state index contributed by atoms with van der Waals surface area (Å²) in [7, 11) is 0. The van der Waals surface area contributed by atoms with E-state index in [0.29, 0.717) is 11.5 Å². The van der Waals surface area contributed by atoms with Crippen LogP contribution in [0.15, 0.2) is 16.7 Å². The molecule has 0 bridgehead atoms. The van der Waals surface area contributed by atoms with Crippen molar-refractivity contribution < 1.29 is 14.1 Å². The molecule has 0 spiro atoms. The van der Waals surface area contributed by atoms with Crippen LogP contribution >= 0.6 is 0 Å². The molecular weight excluding hydrogens is 318 g/mol. The minimum absolute atomic E-state index is 0.00775. The average molecular weight is 343 g/mol. The van der Waals surface area contributed by atoms with Gasteiger partial charge in [0.15, 0.2) is 5.82 Å². The predicted octanol–water partition coefficient (Wildman–Crippen LogP) is 3.08. The summed E-state index contributed by atoms with van der Waals surface area (Å²) in [5, 5.41) is 7.46. The van der Waals surface area contributed by atoms with Gasteiger partial charge < -0.3 is 14.6 Å². The van der Waals surface area contributed by atoms with Crippen molar-refractivity contribution in [3.63, 3.8) is 0 Å². The number of aryl methyl sites for hydroxylation is 2. The Morgan fingerprint density at radius 1 is 1.24 bits per heavy atom. The fourth-order valence-corrected chi connectivity index (χ4v) is 4.10. The Morgan fingerprint density at radius 3 is 2.56 bits per heavy atom. The molecule has 3 heterocycles. The second-order valence-corrected chi connectivity index (χ2v) is 7.41. The monoisotopic (exact) mass is 343 g/mol. The quantitative estimate of drug-likeness (QED) is 0.926. The molecule has 6 heteroatoms. The summed E-state index contributed by atoms with van der Waals surface area (Å²) in [5.74, 6) is 2.08. The van der Waals surface area contributed by atoms with Gasteiger partial charge in [0.1, 0.15) is 5.76 Å². The predicted molar refractivity (Wildman–Crippen MR) is 93.0 cm³/mol. The third-order valence-corrected chi connectivity index (χ3v) is 5.63. The molecule has 6 nitrogen and oxygen atoms in total. The van der Waals surface area contributed by atoms with Crippen LogP contribution in [0.3, 0.4) is 0 Å². The summed E-state index contributed by atoms with van der Waals surface area (Å²) in [4.78, 5) is 13.1. The number of carbonyl (C=O) groups is 1. The van der Waals surface area contributed by atoms with Gasteiger partial charge in [-0.25, -0.2) is 0 Å². The molecule has 2 aliphatic rings. The molecule has 2 fully saturated rings. The van der Waals surface area contributed by atoms with Crippen molar-refractivity contribution in [3.8, 4) is 5.82 Å². The molecule has 2 aromatic rings. The molecule has 1 saturated carbocycles. The molecule has 0 radical (unpaired) electrons. The van der Waals surface area contributed by atoms with Crippen molar-refractivity contribution in [1.82, 2.24) is 15.0 Å². The van der Waals surface area contributed by atoms with Gasteiger partial charge in [-0.2, -0.15) is 0 Å². The highest BCUT2D eigenvalue weighted by atomic mass is 16.5.